The lowest BCUT2D eigenvalue weighted by Gasteiger charge is -2.29. The minimum atomic E-state index is -3.70. The van der Waals surface area contributed by atoms with Crippen LogP contribution in [0.5, 0.6) is 5.75 Å². The standard InChI is InChI=1S/C31H39N3O4S/c1-33-16-7-8-18-39(36,37)32-31(35)24-13-14-25-27(19-24)34-20-22(15-17-33)21-38-28-12-6-5-11-26(28)30(34)29(25)23-9-3-2-4-10-23/h5-6,11-14,19,22-23H,2-4,7-10,15-18,20-21H2,1H3,(H,32,35). The van der Waals surface area contributed by atoms with Crippen LogP contribution in [0.2, 0.25) is 0 Å². The smallest absolute Gasteiger partial charge is 0.264 e. The Kier molecular flexibility index (Phi) is 7.42. The first-order valence-electron chi connectivity index (χ1n) is 14.5. The molecule has 1 amide bonds. The van der Waals surface area contributed by atoms with Gasteiger partial charge in [0.25, 0.3) is 5.91 Å². The molecule has 208 valence electrons. The molecule has 1 aliphatic carbocycles. The van der Waals surface area contributed by atoms with Crippen LogP contribution in [0.15, 0.2) is 42.5 Å². The number of aromatic nitrogens is 1. The zero-order chi connectivity index (χ0) is 27.0. The van der Waals surface area contributed by atoms with E-state index in [0.717, 1.165) is 62.1 Å². The third kappa shape index (κ3) is 5.46. The van der Waals surface area contributed by atoms with Crippen molar-refractivity contribution in [1.29, 1.82) is 0 Å². The van der Waals surface area contributed by atoms with E-state index in [1.807, 2.05) is 18.2 Å². The number of fused-ring (bicyclic) bond motifs is 4. The van der Waals surface area contributed by atoms with E-state index < -0.39 is 15.9 Å². The van der Waals surface area contributed by atoms with Crippen LogP contribution < -0.4 is 9.46 Å². The summed E-state index contributed by atoms with van der Waals surface area (Å²) in [6.45, 7) is 3.18. The van der Waals surface area contributed by atoms with E-state index in [1.54, 1.807) is 6.07 Å². The molecule has 1 aromatic heterocycles. The first-order valence-corrected chi connectivity index (χ1v) is 16.2. The van der Waals surface area contributed by atoms with Gasteiger partial charge < -0.3 is 14.2 Å². The molecule has 2 aromatic carbocycles. The highest BCUT2D eigenvalue weighted by atomic mass is 32.2. The number of nitrogens with one attached hydrogen (secondary N) is 1. The number of hydrogen-bond acceptors (Lipinski definition) is 5. The summed E-state index contributed by atoms with van der Waals surface area (Å²) in [7, 11) is -1.60. The second-order valence-electron chi connectivity index (χ2n) is 11.7. The van der Waals surface area contributed by atoms with E-state index >= 15 is 0 Å². The van der Waals surface area contributed by atoms with Crippen molar-refractivity contribution in [2.24, 2.45) is 5.92 Å². The number of amides is 1. The summed E-state index contributed by atoms with van der Waals surface area (Å²) in [5, 5.41) is 1.17. The molecule has 3 aliphatic rings. The number of ether oxygens (including phenoxy) is 1. The van der Waals surface area contributed by atoms with E-state index in [1.165, 1.54) is 35.9 Å². The fourth-order valence-electron chi connectivity index (χ4n) is 6.72. The van der Waals surface area contributed by atoms with Gasteiger partial charge in [-0.05, 0) is 88.0 Å². The molecule has 4 bridgehead atoms. The zero-order valence-corrected chi connectivity index (χ0v) is 23.6. The number of para-hydroxylation sites is 1. The monoisotopic (exact) mass is 549 g/mol. The number of hydrogen-bond donors (Lipinski definition) is 1. The van der Waals surface area contributed by atoms with Crippen molar-refractivity contribution in [1.82, 2.24) is 14.2 Å². The molecule has 1 saturated carbocycles. The van der Waals surface area contributed by atoms with Gasteiger partial charge in [0.05, 0.1) is 18.1 Å². The first-order chi connectivity index (χ1) is 18.9. The Morgan fingerprint density at radius 1 is 0.949 bits per heavy atom. The zero-order valence-electron chi connectivity index (χ0n) is 22.8. The molecule has 7 nitrogen and oxygen atoms in total. The van der Waals surface area contributed by atoms with E-state index in [0.29, 0.717) is 30.4 Å². The van der Waals surface area contributed by atoms with Gasteiger partial charge in [-0.1, -0.05) is 37.5 Å². The van der Waals surface area contributed by atoms with Crippen LogP contribution in [0, 0.1) is 5.92 Å². The number of rotatable bonds is 1. The van der Waals surface area contributed by atoms with Crippen LogP contribution in [-0.4, -0.2) is 56.3 Å². The van der Waals surface area contributed by atoms with E-state index in [9.17, 15) is 13.2 Å². The quantitative estimate of drug-likeness (QED) is 0.431. The van der Waals surface area contributed by atoms with E-state index in [-0.39, 0.29) is 5.75 Å². The lowest BCUT2D eigenvalue weighted by atomic mass is 9.81. The highest BCUT2D eigenvalue weighted by Crippen LogP contribution is 2.47. The molecule has 8 heteroatoms. The van der Waals surface area contributed by atoms with Crippen LogP contribution in [-0.2, 0) is 16.6 Å². The Morgan fingerprint density at radius 3 is 2.62 bits per heavy atom. The summed E-state index contributed by atoms with van der Waals surface area (Å²) in [6.07, 6.45) is 8.31. The molecule has 1 unspecified atom stereocenters. The molecule has 0 saturated heterocycles. The van der Waals surface area contributed by atoms with Crippen LogP contribution in [0.4, 0.5) is 0 Å². The van der Waals surface area contributed by atoms with Crippen molar-refractivity contribution in [3.63, 3.8) is 0 Å². The summed E-state index contributed by atoms with van der Waals surface area (Å²) in [5.74, 6) is 1.06. The molecular formula is C31H39N3O4S. The van der Waals surface area contributed by atoms with E-state index in [4.69, 9.17) is 4.74 Å². The average Bonchev–Trinajstić information content (AvgIpc) is 3.23. The predicted molar refractivity (Wildman–Crippen MR) is 155 cm³/mol. The van der Waals surface area contributed by atoms with Crippen molar-refractivity contribution >= 4 is 26.8 Å². The van der Waals surface area contributed by atoms with Gasteiger partial charge >= 0.3 is 0 Å². The topological polar surface area (TPSA) is 80.6 Å². The minimum absolute atomic E-state index is 0.0472. The number of nitrogens with zero attached hydrogens (tertiary/aromatic N) is 2. The predicted octanol–water partition coefficient (Wildman–Crippen LogP) is 5.54. The fraction of sp³-hybridized carbons (Fsp3) is 0.516. The third-order valence-electron chi connectivity index (χ3n) is 8.81. The maximum atomic E-state index is 13.2. The molecule has 2 aliphatic heterocycles. The second-order valence-corrected chi connectivity index (χ2v) is 13.5. The lowest BCUT2D eigenvalue weighted by molar-refractivity contribution is 0.0981. The molecule has 3 aromatic rings. The molecule has 1 atom stereocenters. The van der Waals surface area contributed by atoms with Crippen LogP contribution in [0.1, 0.15) is 73.2 Å². The molecule has 0 spiro atoms. The van der Waals surface area contributed by atoms with Crippen molar-refractivity contribution in [3.05, 3.63) is 53.6 Å². The molecular weight excluding hydrogens is 510 g/mol. The van der Waals surface area contributed by atoms with Crippen LogP contribution in [0.3, 0.4) is 0 Å². The summed E-state index contributed by atoms with van der Waals surface area (Å²) in [6, 6.07) is 14.1. The Balaban J connectivity index is 1.56. The summed E-state index contributed by atoms with van der Waals surface area (Å²) >= 11 is 0. The minimum Gasteiger partial charge on any atom is -0.493 e. The maximum absolute atomic E-state index is 13.2. The Morgan fingerprint density at radius 2 is 1.77 bits per heavy atom. The van der Waals surface area contributed by atoms with Crippen LogP contribution in [0.25, 0.3) is 22.2 Å². The maximum Gasteiger partial charge on any atom is 0.264 e. The normalized spacial score (nSPS) is 23.1. The molecule has 1 fully saturated rings. The van der Waals surface area contributed by atoms with E-state index in [2.05, 4.69) is 39.4 Å². The third-order valence-corrected chi connectivity index (χ3v) is 10.1. The molecule has 1 N–H and O–H groups in total. The SMILES string of the molecule is CN1CCCCS(=O)(=O)NC(=O)c2ccc3c(C4CCCCC4)c4n(c3c2)CC(CC1)COc1ccccc1-4. The Labute approximate surface area is 231 Å². The number of carbonyl (C=O) groups is 1. The Hall–Kier alpha value is -2.84. The molecule has 3 heterocycles. The van der Waals surface area contributed by atoms with Gasteiger partial charge in [0.1, 0.15) is 5.75 Å². The van der Waals surface area contributed by atoms with Gasteiger partial charge in [-0.2, -0.15) is 0 Å². The first kappa shape index (κ1) is 26.4. The number of benzene rings is 2. The summed E-state index contributed by atoms with van der Waals surface area (Å²) < 4.78 is 36.6. The van der Waals surface area contributed by atoms with Gasteiger partial charge in [-0.25, -0.2) is 13.1 Å². The molecule has 0 radical (unpaired) electrons. The van der Waals surface area contributed by atoms with Crippen molar-refractivity contribution in [3.8, 4) is 17.0 Å². The number of sulfonamides is 1. The summed E-state index contributed by atoms with van der Waals surface area (Å²) in [4.78, 5) is 15.5. The largest absolute Gasteiger partial charge is 0.493 e. The van der Waals surface area contributed by atoms with Gasteiger partial charge in [-0.15, -0.1) is 0 Å². The van der Waals surface area contributed by atoms with Gasteiger partial charge in [0, 0.05) is 34.5 Å². The summed E-state index contributed by atoms with van der Waals surface area (Å²) in [5.41, 5.74) is 5.06. The lowest BCUT2D eigenvalue weighted by Crippen LogP contribution is -2.33. The highest BCUT2D eigenvalue weighted by molar-refractivity contribution is 7.90. The van der Waals surface area contributed by atoms with Crippen molar-refractivity contribution in [2.45, 2.75) is 63.8 Å². The van der Waals surface area contributed by atoms with Gasteiger partial charge in [0.15, 0.2) is 0 Å². The molecule has 39 heavy (non-hydrogen) atoms. The number of carbonyl (C=O) groups excluding carboxylic acids is 1. The Bertz CT molecular complexity index is 1470. The van der Waals surface area contributed by atoms with Gasteiger partial charge in [-0.3, -0.25) is 4.79 Å². The van der Waals surface area contributed by atoms with Gasteiger partial charge in [0.2, 0.25) is 10.0 Å². The van der Waals surface area contributed by atoms with Crippen molar-refractivity contribution < 1.29 is 17.9 Å². The fourth-order valence-corrected chi connectivity index (χ4v) is 7.81. The highest BCUT2D eigenvalue weighted by Gasteiger charge is 2.31. The average molecular weight is 550 g/mol. The second kappa shape index (κ2) is 11.0. The van der Waals surface area contributed by atoms with Crippen LogP contribution >= 0.6 is 0 Å². The molecule has 6 rings (SSSR count). The van der Waals surface area contributed by atoms with Crippen molar-refractivity contribution in [2.75, 3.05) is 32.5 Å².